The Morgan fingerprint density at radius 3 is 2.85 bits per heavy atom. The quantitative estimate of drug-likeness (QED) is 0.665. The number of hydrogen-bond donors (Lipinski definition) is 2. The highest BCUT2D eigenvalue weighted by atomic mass is 16.4. The van der Waals surface area contributed by atoms with E-state index in [1.165, 1.54) is 0 Å². The summed E-state index contributed by atoms with van der Waals surface area (Å²) in [5, 5.41) is 18.3. The predicted molar refractivity (Wildman–Crippen MR) is 48.5 cm³/mol. The molecule has 0 aromatic carbocycles. The van der Waals surface area contributed by atoms with Gasteiger partial charge in [0.25, 0.3) is 0 Å². The molecule has 2 atom stereocenters. The van der Waals surface area contributed by atoms with E-state index in [0.29, 0.717) is 13.0 Å². The van der Waals surface area contributed by atoms with E-state index in [4.69, 9.17) is 5.11 Å². The van der Waals surface area contributed by atoms with Gasteiger partial charge < -0.3 is 10.2 Å². The fourth-order valence-electron chi connectivity index (χ4n) is 1.77. The van der Waals surface area contributed by atoms with Crippen molar-refractivity contribution in [1.29, 1.82) is 0 Å². The van der Waals surface area contributed by atoms with Crippen molar-refractivity contribution in [2.45, 2.75) is 38.3 Å². The van der Waals surface area contributed by atoms with E-state index in [9.17, 15) is 9.90 Å². The summed E-state index contributed by atoms with van der Waals surface area (Å²) in [7, 11) is 0. The predicted octanol–water partition coefficient (Wildman–Crippen LogP) is 0.306. The molecule has 1 rings (SSSR count). The summed E-state index contributed by atoms with van der Waals surface area (Å²) in [6.07, 6.45) is 1.95. The van der Waals surface area contributed by atoms with E-state index in [1.54, 1.807) is 0 Å². The second kappa shape index (κ2) is 4.58. The van der Waals surface area contributed by atoms with Gasteiger partial charge in [0, 0.05) is 6.54 Å². The lowest BCUT2D eigenvalue weighted by Crippen LogP contribution is -2.42. The fraction of sp³-hybridized carbons (Fsp3) is 0.889. The maximum Gasteiger partial charge on any atom is 0.323 e. The number of hydrogen-bond acceptors (Lipinski definition) is 3. The van der Waals surface area contributed by atoms with Gasteiger partial charge in [0.1, 0.15) is 6.04 Å². The lowest BCUT2D eigenvalue weighted by Gasteiger charge is -2.21. The van der Waals surface area contributed by atoms with Crippen molar-refractivity contribution in [2.24, 2.45) is 0 Å². The fourth-order valence-corrected chi connectivity index (χ4v) is 1.77. The van der Waals surface area contributed by atoms with Gasteiger partial charge in [-0.3, -0.25) is 9.69 Å². The summed E-state index contributed by atoms with van der Waals surface area (Å²) in [6.45, 7) is 3.56. The minimum absolute atomic E-state index is 0.584. The maximum absolute atomic E-state index is 10.8. The number of unbranched alkanes of at least 4 members (excludes halogenated alkanes) is 1. The Morgan fingerprint density at radius 1 is 1.62 bits per heavy atom. The number of aliphatic carboxylic acids is 1. The molecule has 0 aromatic rings. The first kappa shape index (κ1) is 10.5. The molecule has 0 radical (unpaired) electrons. The average Bonchev–Trinajstić information content (AvgIpc) is 2.43. The zero-order valence-electron chi connectivity index (χ0n) is 7.94. The van der Waals surface area contributed by atoms with E-state index in [-0.39, 0.29) is 0 Å². The standard InChI is InChI=1S/C9H17NO3/c1-2-3-5-10-6-4-7(11)8(10)9(12)13/h7-8,11H,2-6H2,1H3,(H,12,13)/t7-,8-/m0/s1. The molecule has 0 aromatic heterocycles. The van der Waals surface area contributed by atoms with Crippen molar-refractivity contribution in [3.8, 4) is 0 Å². The zero-order valence-corrected chi connectivity index (χ0v) is 7.94. The Morgan fingerprint density at radius 2 is 2.31 bits per heavy atom. The number of carboxylic acid groups (broad SMARTS) is 1. The van der Waals surface area contributed by atoms with Crippen molar-refractivity contribution in [1.82, 2.24) is 4.90 Å². The highest BCUT2D eigenvalue weighted by Gasteiger charge is 2.37. The summed E-state index contributed by atoms with van der Waals surface area (Å²) in [4.78, 5) is 12.6. The van der Waals surface area contributed by atoms with Crippen LogP contribution >= 0.6 is 0 Å². The van der Waals surface area contributed by atoms with Crippen molar-refractivity contribution in [2.75, 3.05) is 13.1 Å². The molecule has 1 heterocycles. The smallest absolute Gasteiger partial charge is 0.323 e. The molecule has 0 spiro atoms. The first-order valence-electron chi connectivity index (χ1n) is 4.81. The number of likely N-dealkylation sites (tertiary alicyclic amines) is 1. The first-order valence-corrected chi connectivity index (χ1v) is 4.81. The molecule has 0 aliphatic carbocycles. The van der Waals surface area contributed by atoms with Gasteiger partial charge in [-0.2, -0.15) is 0 Å². The molecule has 13 heavy (non-hydrogen) atoms. The summed E-state index contributed by atoms with van der Waals surface area (Å²) in [6, 6.07) is -0.674. The molecule has 1 fully saturated rings. The largest absolute Gasteiger partial charge is 0.480 e. The van der Waals surface area contributed by atoms with E-state index in [1.807, 2.05) is 4.90 Å². The lowest BCUT2D eigenvalue weighted by molar-refractivity contribution is -0.144. The topological polar surface area (TPSA) is 60.8 Å². The van der Waals surface area contributed by atoms with Gasteiger partial charge >= 0.3 is 5.97 Å². The van der Waals surface area contributed by atoms with Crippen LogP contribution in [0.15, 0.2) is 0 Å². The minimum atomic E-state index is -0.902. The molecule has 0 bridgehead atoms. The van der Waals surface area contributed by atoms with Crippen molar-refractivity contribution in [3.63, 3.8) is 0 Å². The van der Waals surface area contributed by atoms with Gasteiger partial charge in [-0.1, -0.05) is 13.3 Å². The second-order valence-corrected chi connectivity index (χ2v) is 3.53. The first-order chi connectivity index (χ1) is 6.16. The summed E-state index contributed by atoms with van der Waals surface area (Å²) >= 11 is 0. The van der Waals surface area contributed by atoms with Gasteiger partial charge in [0.05, 0.1) is 6.10 Å². The van der Waals surface area contributed by atoms with E-state index in [0.717, 1.165) is 19.4 Å². The van der Waals surface area contributed by atoms with Crippen LogP contribution in [0, 0.1) is 0 Å². The van der Waals surface area contributed by atoms with Gasteiger partial charge in [0.15, 0.2) is 0 Å². The SMILES string of the molecule is CCCCN1CC[C@H](O)[C@H]1C(=O)O. The Bertz CT molecular complexity index is 184. The molecule has 2 N–H and O–H groups in total. The third kappa shape index (κ3) is 2.42. The van der Waals surface area contributed by atoms with Crippen LogP contribution in [-0.2, 0) is 4.79 Å². The van der Waals surface area contributed by atoms with Crippen molar-refractivity contribution in [3.05, 3.63) is 0 Å². The van der Waals surface area contributed by atoms with Crippen LogP contribution in [0.2, 0.25) is 0 Å². The molecule has 1 aliphatic heterocycles. The van der Waals surface area contributed by atoms with Gasteiger partial charge in [-0.25, -0.2) is 0 Å². The van der Waals surface area contributed by atoms with Crippen LogP contribution < -0.4 is 0 Å². The lowest BCUT2D eigenvalue weighted by atomic mass is 10.2. The van der Waals surface area contributed by atoms with Gasteiger partial charge in [-0.05, 0) is 19.4 Å². The van der Waals surface area contributed by atoms with Crippen LogP contribution in [0.3, 0.4) is 0 Å². The highest BCUT2D eigenvalue weighted by Crippen LogP contribution is 2.18. The van der Waals surface area contributed by atoms with Crippen LogP contribution in [0.25, 0.3) is 0 Å². The number of nitrogens with zero attached hydrogens (tertiary/aromatic N) is 1. The zero-order chi connectivity index (χ0) is 9.84. The van der Waals surface area contributed by atoms with Gasteiger partial charge in [-0.15, -0.1) is 0 Å². The monoisotopic (exact) mass is 187 g/mol. The molecule has 0 unspecified atom stereocenters. The average molecular weight is 187 g/mol. The number of rotatable bonds is 4. The molecule has 1 saturated heterocycles. The molecule has 1 aliphatic rings. The Labute approximate surface area is 78.2 Å². The van der Waals surface area contributed by atoms with Crippen LogP contribution in [0.5, 0.6) is 0 Å². The maximum atomic E-state index is 10.8. The molecule has 76 valence electrons. The normalized spacial score (nSPS) is 29.4. The number of carbonyl (C=O) groups is 1. The third-order valence-corrected chi connectivity index (χ3v) is 2.52. The number of aliphatic hydroxyl groups is 1. The molecule has 4 nitrogen and oxygen atoms in total. The summed E-state index contributed by atoms with van der Waals surface area (Å²) in [5.74, 6) is -0.902. The second-order valence-electron chi connectivity index (χ2n) is 3.53. The van der Waals surface area contributed by atoms with E-state index < -0.39 is 18.1 Å². The number of carboxylic acids is 1. The Kier molecular flexibility index (Phi) is 3.69. The Hall–Kier alpha value is -0.610. The molecule has 0 amide bonds. The van der Waals surface area contributed by atoms with Crippen LogP contribution in [-0.4, -0.2) is 46.3 Å². The molecular weight excluding hydrogens is 170 g/mol. The highest BCUT2D eigenvalue weighted by molar-refractivity contribution is 5.74. The summed E-state index contributed by atoms with van der Waals surface area (Å²) in [5.41, 5.74) is 0. The van der Waals surface area contributed by atoms with E-state index in [2.05, 4.69) is 6.92 Å². The minimum Gasteiger partial charge on any atom is -0.480 e. The summed E-state index contributed by atoms with van der Waals surface area (Å²) < 4.78 is 0. The van der Waals surface area contributed by atoms with E-state index >= 15 is 0 Å². The molecule has 4 heteroatoms. The van der Waals surface area contributed by atoms with Crippen LogP contribution in [0.4, 0.5) is 0 Å². The molecule has 0 saturated carbocycles. The number of aliphatic hydroxyl groups excluding tert-OH is 1. The Balaban J connectivity index is 2.49. The van der Waals surface area contributed by atoms with Crippen molar-refractivity contribution >= 4 is 5.97 Å². The van der Waals surface area contributed by atoms with Crippen molar-refractivity contribution < 1.29 is 15.0 Å². The third-order valence-electron chi connectivity index (χ3n) is 2.52. The molecular formula is C9H17NO3. The van der Waals surface area contributed by atoms with Gasteiger partial charge in [0.2, 0.25) is 0 Å². The van der Waals surface area contributed by atoms with Crippen LogP contribution in [0.1, 0.15) is 26.2 Å².